The Morgan fingerprint density at radius 2 is 0.312 bits per heavy atom. The average Bonchev–Trinajstić information content (AvgIpc) is 3.34. The van der Waals surface area contributed by atoms with Crippen molar-refractivity contribution in [2.75, 3.05) is 0 Å². The van der Waals surface area contributed by atoms with E-state index < -0.39 is 0 Å². The van der Waals surface area contributed by atoms with Gasteiger partial charge in [0.15, 0.2) is 0 Å². The summed E-state index contributed by atoms with van der Waals surface area (Å²) in [5, 5.41) is 0. The molecule has 0 aliphatic carbocycles. The van der Waals surface area contributed by atoms with E-state index in [4.69, 9.17) is 28.4 Å². The van der Waals surface area contributed by atoms with Crippen molar-refractivity contribution < 1.29 is 38.0 Å². The van der Waals surface area contributed by atoms with Crippen LogP contribution in [0.2, 0.25) is 0 Å². The summed E-state index contributed by atoms with van der Waals surface area (Å²) in [5.74, 6) is 0. The molecule has 0 spiro atoms. The standard InChI is InChI=1S/C56H54O8/c57-29-43-1-5-45(6-2-43)31-59-33-47-9-13-49(14-10-47)35-61-37-51-17-21-53(22-18-51)39-63-41-55-25-27-56(28-26-55)42-64-40-54-23-19-52(20-24-54)38-62-36-50-15-11-48(12-16-50)34-60-32-46-7-3-44(30-58)4-8-46/h1-30H,31-42H2. The highest BCUT2D eigenvalue weighted by atomic mass is 16.5. The van der Waals surface area contributed by atoms with Crippen LogP contribution >= 0.6 is 0 Å². The third kappa shape index (κ3) is 15.5. The first-order valence-corrected chi connectivity index (χ1v) is 21.5. The van der Waals surface area contributed by atoms with Gasteiger partial charge >= 0.3 is 0 Å². The lowest BCUT2D eigenvalue weighted by Crippen LogP contribution is -1.98. The molecule has 0 heterocycles. The molecule has 0 radical (unpaired) electrons. The number of ether oxygens (including phenoxy) is 6. The molecule has 0 atom stereocenters. The van der Waals surface area contributed by atoms with Crippen molar-refractivity contribution in [2.24, 2.45) is 0 Å². The van der Waals surface area contributed by atoms with Crippen LogP contribution in [-0.2, 0) is 108 Å². The van der Waals surface area contributed by atoms with Crippen LogP contribution in [0.15, 0.2) is 170 Å². The Labute approximate surface area is 376 Å². The minimum atomic E-state index is 0.499. The van der Waals surface area contributed by atoms with Gasteiger partial charge in [0, 0.05) is 11.1 Å². The molecule has 0 aliphatic rings. The Kier molecular flexibility index (Phi) is 17.9. The van der Waals surface area contributed by atoms with Crippen LogP contribution in [0.25, 0.3) is 0 Å². The lowest BCUT2D eigenvalue weighted by Gasteiger charge is -2.09. The zero-order valence-corrected chi connectivity index (χ0v) is 36.1. The molecule has 0 fully saturated rings. The van der Waals surface area contributed by atoms with Crippen LogP contribution in [0.5, 0.6) is 0 Å². The quantitative estimate of drug-likeness (QED) is 0.0498. The van der Waals surface area contributed by atoms with E-state index in [1.165, 1.54) is 0 Å². The Bertz CT molecular complexity index is 2250. The maximum absolute atomic E-state index is 10.8. The van der Waals surface area contributed by atoms with E-state index in [9.17, 15) is 9.59 Å². The Balaban J connectivity index is 0.711. The molecule has 7 aromatic rings. The summed E-state index contributed by atoms with van der Waals surface area (Å²) in [4.78, 5) is 21.6. The number of aldehydes is 2. The summed E-state index contributed by atoms with van der Waals surface area (Å²) in [5.41, 5.74) is 14.5. The second-order valence-electron chi connectivity index (χ2n) is 15.8. The molecule has 0 aliphatic heterocycles. The third-order valence-corrected chi connectivity index (χ3v) is 10.6. The van der Waals surface area contributed by atoms with Crippen molar-refractivity contribution in [2.45, 2.75) is 79.3 Å². The van der Waals surface area contributed by atoms with Crippen LogP contribution in [0.4, 0.5) is 0 Å². The molecule has 8 nitrogen and oxygen atoms in total. The summed E-state index contributed by atoms with van der Waals surface area (Å²) in [6.45, 7) is 6.32. The molecular weight excluding hydrogens is 801 g/mol. The van der Waals surface area contributed by atoms with Crippen molar-refractivity contribution in [1.29, 1.82) is 0 Å². The van der Waals surface area contributed by atoms with Crippen molar-refractivity contribution in [1.82, 2.24) is 0 Å². The largest absolute Gasteiger partial charge is 0.372 e. The molecule has 0 aromatic heterocycles. The molecule has 7 rings (SSSR count). The fraction of sp³-hybridized carbons (Fsp3) is 0.214. The van der Waals surface area contributed by atoms with Crippen molar-refractivity contribution in [3.63, 3.8) is 0 Å². The van der Waals surface area contributed by atoms with E-state index >= 15 is 0 Å². The minimum absolute atomic E-state index is 0.499. The summed E-state index contributed by atoms with van der Waals surface area (Å²) in [6.07, 6.45) is 1.68. The Morgan fingerprint density at radius 3 is 0.422 bits per heavy atom. The molecule has 0 amide bonds. The topological polar surface area (TPSA) is 89.5 Å². The number of hydrogen-bond acceptors (Lipinski definition) is 8. The van der Waals surface area contributed by atoms with Gasteiger partial charge in [-0.25, -0.2) is 0 Å². The maximum Gasteiger partial charge on any atom is 0.150 e. The number of hydrogen-bond donors (Lipinski definition) is 0. The second kappa shape index (κ2) is 25.1. The number of rotatable bonds is 26. The van der Waals surface area contributed by atoms with Crippen molar-refractivity contribution in [3.8, 4) is 0 Å². The molecule has 0 N–H and O–H groups in total. The third-order valence-electron chi connectivity index (χ3n) is 10.6. The smallest absolute Gasteiger partial charge is 0.150 e. The lowest BCUT2D eigenvalue weighted by molar-refractivity contribution is 0.103. The normalized spacial score (nSPS) is 11.1. The number of benzene rings is 7. The molecule has 0 bridgehead atoms. The van der Waals surface area contributed by atoms with Crippen LogP contribution in [0, 0.1) is 0 Å². The van der Waals surface area contributed by atoms with Gasteiger partial charge in [-0.1, -0.05) is 170 Å². The second-order valence-corrected chi connectivity index (χ2v) is 15.8. The van der Waals surface area contributed by atoms with Gasteiger partial charge in [-0.3, -0.25) is 9.59 Å². The predicted octanol–water partition coefficient (Wildman–Crippen LogP) is 11.6. The summed E-state index contributed by atoms with van der Waals surface area (Å²) >= 11 is 0. The minimum Gasteiger partial charge on any atom is -0.372 e. The van der Waals surface area contributed by atoms with Crippen LogP contribution in [-0.4, -0.2) is 12.6 Å². The van der Waals surface area contributed by atoms with E-state index in [0.717, 1.165) is 79.3 Å². The highest BCUT2D eigenvalue weighted by Gasteiger charge is 2.04. The van der Waals surface area contributed by atoms with E-state index in [1.54, 1.807) is 24.3 Å². The number of carbonyl (C=O) groups excluding carboxylic acids is 2. The molecular formula is C56H54O8. The van der Waals surface area contributed by atoms with Gasteiger partial charge in [-0.05, 0) is 66.8 Å². The van der Waals surface area contributed by atoms with E-state index in [1.807, 2.05) is 24.3 Å². The molecule has 8 heteroatoms. The van der Waals surface area contributed by atoms with Gasteiger partial charge in [0.1, 0.15) is 12.6 Å². The van der Waals surface area contributed by atoms with E-state index in [-0.39, 0.29) is 0 Å². The highest BCUT2D eigenvalue weighted by Crippen LogP contribution is 2.16. The van der Waals surface area contributed by atoms with Crippen molar-refractivity contribution in [3.05, 3.63) is 248 Å². The fourth-order valence-electron chi connectivity index (χ4n) is 6.76. The maximum atomic E-state index is 10.8. The molecule has 7 aromatic carbocycles. The van der Waals surface area contributed by atoms with Crippen LogP contribution in [0.1, 0.15) is 87.5 Å². The van der Waals surface area contributed by atoms with Gasteiger partial charge in [0.05, 0.1) is 79.3 Å². The van der Waals surface area contributed by atoms with Gasteiger partial charge in [-0.15, -0.1) is 0 Å². The van der Waals surface area contributed by atoms with E-state index in [0.29, 0.717) is 90.4 Å². The summed E-state index contributed by atoms with van der Waals surface area (Å²) in [6, 6.07) is 56.5. The molecule has 0 saturated heterocycles. The lowest BCUT2D eigenvalue weighted by atomic mass is 10.1. The summed E-state index contributed by atoms with van der Waals surface area (Å²) < 4.78 is 35.7. The van der Waals surface area contributed by atoms with Gasteiger partial charge in [0.25, 0.3) is 0 Å². The van der Waals surface area contributed by atoms with Gasteiger partial charge in [0.2, 0.25) is 0 Å². The monoisotopic (exact) mass is 854 g/mol. The first-order chi connectivity index (χ1) is 31.6. The zero-order chi connectivity index (χ0) is 44.0. The molecule has 64 heavy (non-hydrogen) atoms. The highest BCUT2D eigenvalue weighted by molar-refractivity contribution is 5.75. The first kappa shape index (κ1) is 45.7. The van der Waals surface area contributed by atoms with Gasteiger partial charge < -0.3 is 28.4 Å². The van der Waals surface area contributed by atoms with Crippen LogP contribution < -0.4 is 0 Å². The number of carbonyl (C=O) groups is 2. The zero-order valence-electron chi connectivity index (χ0n) is 36.1. The van der Waals surface area contributed by atoms with E-state index in [2.05, 4.69) is 121 Å². The Hall–Kier alpha value is -6.36. The SMILES string of the molecule is O=Cc1ccc(COCc2ccc(COCc3ccc(COCc4ccc(COCc5ccc(COCc6ccc(COCc7ccc(C=O)cc7)cc6)cc5)cc4)cc3)cc2)cc1. The predicted molar refractivity (Wildman–Crippen MR) is 247 cm³/mol. The first-order valence-electron chi connectivity index (χ1n) is 21.5. The fourth-order valence-corrected chi connectivity index (χ4v) is 6.76. The van der Waals surface area contributed by atoms with Gasteiger partial charge in [-0.2, -0.15) is 0 Å². The average molecular weight is 855 g/mol. The summed E-state index contributed by atoms with van der Waals surface area (Å²) in [7, 11) is 0. The van der Waals surface area contributed by atoms with Crippen LogP contribution in [0.3, 0.4) is 0 Å². The molecule has 326 valence electrons. The molecule has 0 saturated carbocycles. The van der Waals surface area contributed by atoms with Crippen molar-refractivity contribution >= 4 is 12.6 Å². The molecule has 0 unspecified atom stereocenters. The Morgan fingerprint density at radius 1 is 0.203 bits per heavy atom.